The van der Waals surface area contributed by atoms with E-state index in [1.807, 2.05) is 31.2 Å². The molecule has 0 spiro atoms. The normalized spacial score (nSPS) is 12.0. The third kappa shape index (κ3) is 4.37. The molecule has 3 aromatic rings. The summed E-state index contributed by atoms with van der Waals surface area (Å²) >= 11 is 7.22. The Hall–Kier alpha value is -2.38. The lowest BCUT2D eigenvalue weighted by Gasteiger charge is -2.10. The zero-order valence-corrected chi connectivity index (χ0v) is 15.2. The molecule has 0 fully saturated rings. The van der Waals surface area contributed by atoms with Crippen LogP contribution in [-0.2, 0) is 4.79 Å². The second-order valence-electron chi connectivity index (χ2n) is 5.42. The first kappa shape index (κ1) is 17.4. The number of aromatic nitrogens is 4. The van der Waals surface area contributed by atoms with Crippen LogP contribution in [0.3, 0.4) is 0 Å². The molecule has 25 heavy (non-hydrogen) atoms. The van der Waals surface area contributed by atoms with Crippen LogP contribution in [0, 0.1) is 6.92 Å². The maximum absolute atomic E-state index is 12.3. The number of pyridine rings is 1. The van der Waals surface area contributed by atoms with Crippen molar-refractivity contribution in [2.75, 3.05) is 5.32 Å². The van der Waals surface area contributed by atoms with Crippen molar-refractivity contribution in [3.05, 3.63) is 53.3 Å². The Morgan fingerprint density at radius 3 is 2.76 bits per heavy atom. The maximum atomic E-state index is 12.3. The van der Waals surface area contributed by atoms with E-state index >= 15 is 0 Å². The van der Waals surface area contributed by atoms with Gasteiger partial charge in [-0.2, -0.15) is 0 Å². The molecule has 8 heteroatoms. The van der Waals surface area contributed by atoms with Crippen molar-refractivity contribution >= 4 is 35.0 Å². The van der Waals surface area contributed by atoms with E-state index in [1.54, 1.807) is 25.3 Å². The molecule has 0 saturated carbocycles. The van der Waals surface area contributed by atoms with E-state index in [2.05, 4.69) is 25.5 Å². The number of amides is 1. The smallest absolute Gasteiger partial charge is 0.237 e. The van der Waals surface area contributed by atoms with Gasteiger partial charge in [0.2, 0.25) is 11.1 Å². The Morgan fingerprint density at radius 2 is 2.04 bits per heavy atom. The number of thioether (sulfide) groups is 1. The predicted octanol–water partition coefficient (Wildman–Crippen LogP) is 3.95. The number of hydrogen-bond donors (Lipinski definition) is 2. The van der Waals surface area contributed by atoms with E-state index in [9.17, 15) is 4.79 Å². The van der Waals surface area contributed by atoms with E-state index in [0.717, 1.165) is 5.56 Å². The number of rotatable bonds is 5. The fraction of sp³-hybridized carbons (Fsp3) is 0.176. The minimum atomic E-state index is -0.391. The number of H-pyrrole nitrogens is 1. The Labute approximate surface area is 154 Å². The molecule has 0 aliphatic heterocycles. The van der Waals surface area contributed by atoms with Crippen molar-refractivity contribution in [2.45, 2.75) is 24.3 Å². The maximum Gasteiger partial charge on any atom is 0.237 e. The summed E-state index contributed by atoms with van der Waals surface area (Å²) < 4.78 is 0. The molecule has 0 radical (unpaired) electrons. The van der Waals surface area contributed by atoms with Crippen molar-refractivity contribution in [1.82, 2.24) is 20.2 Å². The molecular formula is C17H16ClN5OS. The zero-order valence-electron chi connectivity index (χ0n) is 13.7. The lowest BCUT2D eigenvalue weighted by atomic mass is 10.1. The highest BCUT2D eigenvalue weighted by Gasteiger charge is 2.18. The van der Waals surface area contributed by atoms with Crippen LogP contribution in [0.15, 0.2) is 47.8 Å². The molecule has 1 aromatic carbocycles. The van der Waals surface area contributed by atoms with Gasteiger partial charge >= 0.3 is 0 Å². The number of aromatic amines is 1. The molecule has 0 unspecified atom stereocenters. The van der Waals surface area contributed by atoms with Gasteiger partial charge in [-0.1, -0.05) is 53.2 Å². The molecule has 1 amide bonds. The summed E-state index contributed by atoms with van der Waals surface area (Å²) in [5.74, 6) is 0.479. The van der Waals surface area contributed by atoms with Crippen LogP contribution in [0.5, 0.6) is 0 Å². The Bertz CT molecular complexity index is 881. The van der Waals surface area contributed by atoms with Crippen molar-refractivity contribution in [1.29, 1.82) is 0 Å². The minimum Gasteiger partial charge on any atom is -0.322 e. The van der Waals surface area contributed by atoms with Gasteiger partial charge in [-0.3, -0.25) is 9.89 Å². The monoisotopic (exact) mass is 373 g/mol. The summed E-state index contributed by atoms with van der Waals surface area (Å²) in [5.41, 5.74) is 2.61. The van der Waals surface area contributed by atoms with Gasteiger partial charge in [0.05, 0.1) is 10.9 Å². The van der Waals surface area contributed by atoms with Crippen LogP contribution in [0.2, 0.25) is 5.15 Å². The predicted molar refractivity (Wildman–Crippen MR) is 99.8 cm³/mol. The van der Waals surface area contributed by atoms with Gasteiger partial charge in [-0.25, -0.2) is 9.97 Å². The summed E-state index contributed by atoms with van der Waals surface area (Å²) in [4.78, 5) is 20.7. The fourth-order valence-corrected chi connectivity index (χ4v) is 2.96. The van der Waals surface area contributed by atoms with Crippen LogP contribution in [-0.4, -0.2) is 31.3 Å². The molecule has 3 rings (SSSR count). The number of nitrogens with one attached hydrogen (secondary N) is 2. The first-order valence-electron chi connectivity index (χ1n) is 7.60. The first-order chi connectivity index (χ1) is 12.0. The number of aryl methyl sites for hydroxylation is 1. The van der Waals surface area contributed by atoms with Gasteiger partial charge in [-0.05, 0) is 26.0 Å². The van der Waals surface area contributed by atoms with Crippen LogP contribution in [0.25, 0.3) is 11.4 Å². The van der Waals surface area contributed by atoms with Crippen LogP contribution in [0.4, 0.5) is 5.69 Å². The summed E-state index contributed by atoms with van der Waals surface area (Å²) in [6, 6.07) is 11.4. The summed E-state index contributed by atoms with van der Waals surface area (Å²) in [6.07, 6.45) is 1.57. The molecule has 0 bridgehead atoms. The van der Waals surface area contributed by atoms with Gasteiger partial charge < -0.3 is 5.32 Å². The molecule has 1 atom stereocenters. The molecule has 2 heterocycles. The molecule has 0 aliphatic carbocycles. The van der Waals surface area contributed by atoms with Crippen LogP contribution < -0.4 is 5.32 Å². The summed E-state index contributed by atoms with van der Waals surface area (Å²) in [6.45, 7) is 3.81. The molecular weight excluding hydrogens is 358 g/mol. The third-order valence-electron chi connectivity index (χ3n) is 3.46. The highest BCUT2D eigenvalue weighted by Crippen LogP contribution is 2.25. The van der Waals surface area contributed by atoms with Crippen LogP contribution >= 0.6 is 23.4 Å². The van der Waals surface area contributed by atoms with Gasteiger partial charge in [0, 0.05) is 11.8 Å². The SMILES string of the molecule is Cc1ccc(-c2nc(S[C@@H](C)C(=O)Nc3cccnc3Cl)n[nH]2)cc1. The number of carbonyl (C=O) groups excluding carboxylic acids is 1. The standard InChI is InChI=1S/C17H16ClN5OS/c1-10-5-7-12(8-6-10)15-21-17(23-22-15)25-11(2)16(24)20-13-4-3-9-19-14(13)18/h3-9,11H,1-2H3,(H,20,24)(H,21,22,23)/t11-/m0/s1. The lowest BCUT2D eigenvalue weighted by Crippen LogP contribution is -2.22. The largest absolute Gasteiger partial charge is 0.322 e. The number of halogens is 1. The molecule has 0 aliphatic rings. The highest BCUT2D eigenvalue weighted by molar-refractivity contribution is 8.00. The van der Waals surface area contributed by atoms with Crippen molar-refractivity contribution < 1.29 is 4.79 Å². The fourth-order valence-electron chi connectivity index (χ4n) is 2.06. The second kappa shape index (κ2) is 7.67. The van der Waals surface area contributed by atoms with E-state index in [4.69, 9.17) is 11.6 Å². The van der Waals surface area contributed by atoms with Gasteiger partial charge in [0.15, 0.2) is 11.0 Å². The quantitative estimate of drug-likeness (QED) is 0.522. The van der Waals surface area contributed by atoms with Crippen molar-refractivity contribution in [2.24, 2.45) is 0 Å². The first-order valence-corrected chi connectivity index (χ1v) is 8.86. The molecule has 2 aromatic heterocycles. The Balaban J connectivity index is 1.65. The number of nitrogens with zero attached hydrogens (tertiary/aromatic N) is 3. The van der Waals surface area contributed by atoms with E-state index in [0.29, 0.717) is 16.7 Å². The third-order valence-corrected chi connectivity index (χ3v) is 4.72. The lowest BCUT2D eigenvalue weighted by molar-refractivity contribution is -0.115. The summed E-state index contributed by atoms with van der Waals surface area (Å²) in [5, 5.41) is 10.2. The number of hydrogen-bond acceptors (Lipinski definition) is 5. The second-order valence-corrected chi connectivity index (χ2v) is 7.09. The number of carbonyl (C=O) groups is 1. The molecule has 0 saturated heterocycles. The van der Waals surface area contributed by atoms with Gasteiger partial charge in [-0.15, -0.1) is 5.10 Å². The molecule has 2 N–H and O–H groups in total. The van der Waals surface area contributed by atoms with Crippen LogP contribution in [0.1, 0.15) is 12.5 Å². The molecule has 128 valence electrons. The highest BCUT2D eigenvalue weighted by atomic mass is 35.5. The van der Waals surface area contributed by atoms with E-state index in [-0.39, 0.29) is 11.1 Å². The summed E-state index contributed by atoms with van der Waals surface area (Å²) in [7, 11) is 0. The van der Waals surface area contributed by atoms with Gasteiger partial charge in [0.25, 0.3) is 0 Å². The number of anilines is 1. The molecule has 6 nitrogen and oxygen atoms in total. The topological polar surface area (TPSA) is 83.6 Å². The Kier molecular flexibility index (Phi) is 5.35. The number of benzene rings is 1. The van der Waals surface area contributed by atoms with E-state index < -0.39 is 5.25 Å². The van der Waals surface area contributed by atoms with Crippen molar-refractivity contribution in [3.8, 4) is 11.4 Å². The van der Waals surface area contributed by atoms with E-state index in [1.165, 1.54) is 17.3 Å². The minimum absolute atomic E-state index is 0.193. The van der Waals surface area contributed by atoms with Crippen molar-refractivity contribution in [3.63, 3.8) is 0 Å². The Morgan fingerprint density at radius 1 is 1.28 bits per heavy atom. The zero-order chi connectivity index (χ0) is 17.8. The average Bonchev–Trinajstić information content (AvgIpc) is 3.06. The van der Waals surface area contributed by atoms with Gasteiger partial charge in [0.1, 0.15) is 0 Å². The average molecular weight is 374 g/mol.